The van der Waals surface area contributed by atoms with E-state index in [1.165, 1.54) is 5.56 Å². The van der Waals surface area contributed by atoms with Crippen molar-refractivity contribution >= 4 is 28.7 Å². The van der Waals surface area contributed by atoms with E-state index >= 15 is 0 Å². The maximum absolute atomic E-state index is 6.12. The molecular weight excluding hydrogens is 368 g/mol. The fourth-order valence-corrected chi connectivity index (χ4v) is 3.35. The number of nitrogens with zero attached hydrogens (tertiary/aromatic N) is 2. The number of imidazole rings is 1. The summed E-state index contributed by atoms with van der Waals surface area (Å²) in [6.45, 7) is 2.74. The van der Waals surface area contributed by atoms with Gasteiger partial charge in [0.1, 0.15) is 5.75 Å². The molecule has 4 aromatic rings. The number of benzene rings is 3. The predicted octanol–water partition coefficient (Wildman–Crippen LogP) is 6.54. The fourth-order valence-electron chi connectivity index (χ4n) is 3.22. The van der Waals surface area contributed by atoms with Gasteiger partial charge >= 0.3 is 0 Å². The molecule has 1 aromatic heterocycles. The van der Waals surface area contributed by atoms with E-state index in [9.17, 15) is 0 Å². The van der Waals surface area contributed by atoms with Crippen LogP contribution in [0.1, 0.15) is 24.4 Å². The summed E-state index contributed by atoms with van der Waals surface area (Å²) < 4.78 is 8.33. The highest BCUT2D eigenvalue weighted by molar-refractivity contribution is 6.30. The summed E-state index contributed by atoms with van der Waals surface area (Å²) in [4.78, 5) is 4.83. The normalized spacial score (nSPS) is 12.5. The van der Waals surface area contributed by atoms with Gasteiger partial charge in [-0.1, -0.05) is 66.2 Å². The number of para-hydroxylation sites is 2. The Morgan fingerprint density at radius 1 is 0.964 bits per heavy atom. The minimum Gasteiger partial charge on any atom is -0.483 e. The third-order valence-corrected chi connectivity index (χ3v) is 4.82. The van der Waals surface area contributed by atoms with Crippen molar-refractivity contribution in [1.82, 2.24) is 9.55 Å². The highest BCUT2D eigenvalue weighted by atomic mass is 35.5. The minimum absolute atomic E-state index is 0.196. The van der Waals surface area contributed by atoms with Crippen LogP contribution in [0.25, 0.3) is 17.1 Å². The Labute approximate surface area is 169 Å². The molecule has 0 fully saturated rings. The Hall–Kier alpha value is -3.04. The first-order chi connectivity index (χ1) is 13.7. The molecule has 0 bridgehead atoms. The Morgan fingerprint density at radius 2 is 1.68 bits per heavy atom. The number of aromatic nitrogens is 2. The molecular formula is C24H21ClN2O. The van der Waals surface area contributed by atoms with E-state index in [1.807, 2.05) is 67.6 Å². The van der Waals surface area contributed by atoms with Gasteiger partial charge in [-0.25, -0.2) is 4.98 Å². The lowest BCUT2D eigenvalue weighted by Crippen LogP contribution is -2.11. The summed E-state index contributed by atoms with van der Waals surface area (Å²) in [7, 11) is 0. The highest BCUT2D eigenvalue weighted by Gasteiger charge is 2.17. The summed E-state index contributed by atoms with van der Waals surface area (Å²) in [6.07, 6.45) is 4.09. The maximum atomic E-state index is 6.12. The number of halogens is 1. The highest BCUT2D eigenvalue weighted by Crippen LogP contribution is 2.26. The van der Waals surface area contributed by atoms with Crippen LogP contribution in [0.4, 0.5) is 0 Å². The lowest BCUT2D eigenvalue weighted by atomic mass is 10.2. The first-order valence-corrected chi connectivity index (χ1v) is 9.67. The SMILES string of the molecule is CC(Oc1ccc(Cl)cc1)c1nc2ccccc2n1C/C=C/c1ccccc1. The molecule has 1 unspecified atom stereocenters. The molecule has 0 N–H and O–H groups in total. The van der Waals surface area contributed by atoms with E-state index < -0.39 is 0 Å². The molecule has 140 valence electrons. The number of hydrogen-bond acceptors (Lipinski definition) is 2. The van der Waals surface area contributed by atoms with Crippen LogP contribution in [-0.4, -0.2) is 9.55 Å². The van der Waals surface area contributed by atoms with E-state index in [2.05, 4.69) is 34.9 Å². The Balaban J connectivity index is 1.62. The van der Waals surface area contributed by atoms with Crippen LogP contribution in [0, 0.1) is 0 Å². The standard InChI is InChI=1S/C24H21ClN2O/c1-18(28-21-15-13-20(25)14-16-21)24-26-22-11-5-6-12-23(22)27(24)17-7-10-19-8-3-2-4-9-19/h2-16,18H,17H2,1H3/b10-7+. The third kappa shape index (κ3) is 4.10. The Morgan fingerprint density at radius 3 is 2.46 bits per heavy atom. The van der Waals surface area contributed by atoms with Crippen LogP contribution in [-0.2, 0) is 6.54 Å². The zero-order valence-electron chi connectivity index (χ0n) is 15.6. The van der Waals surface area contributed by atoms with Crippen LogP contribution in [0.3, 0.4) is 0 Å². The molecule has 0 amide bonds. The van der Waals surface area contributed by atoms with Crippen molar-refractivity contribution in [3.05, 3.63) is 101 Å². The number of allylic oxidation sites excluding steroid dienone is 1. The second kappa shape index (κ2) is 8.32. The van der Waals surface area contributed by atoms with Crippen LogP contribution in [0.2, 0.25) is 5.02 Å². The van der Waals surface area contributed by atoms with E-state index in [0.29, 0.717) is 5.02 Å². The number of ether oxygens (including phenoxy) is 1. The Kier molecular flexibility index (Phi) is 5.45. The van der Waals surface area contributed by atoms with Gasteiger partial charge in [-0.05, 0) is 48.9 Å². The van der Waals surface area contributed by atoms with E-state index in [4.69, 9.17) is 21.3 Å². The summed E-state index contributed by atoms with van der Waals surface area (Å²) in [5, 5.41) is 0.693. The van der Waals surface area contributed by atoms with Gasteiger partial charge in [0.15, 0.2) is 11.9 Å². The van der Waals surface area contributed by atoms with Gasteiger partial charge in [0.05, 0.1) is 11.0 Å². The Bertz CT molecular complexity index is 1080. The first-order valence-electron chi connectivity index (χ1n) is 9.30. The molecule has 0 aliphatic heterocycles. The van der Waals surface area contributed by atoms with Crippen LogP contribution >= 0.6 is 11.6 Å². The largest absolute Gasteiger partial charge is 0.483 e. The molecule has 4 rings (SSSR count). The molecule has 3 nitrogen and oxygen atoms in total. The number of rotatable bonds is 6. The molecule has 0 aliphatic rings. The average molecular weight is 389 g/mol. The molecule has 1 atom stereocenters. The van der Waals surface area contributed by atoms with Crippen molar-refractivity contribution in [1.29, 1.82) is 0 Å². The lowest BCUT2D eigenvalue weighted by molar-refractivity contribution is 0.212. The first kappa shape index (κ1) is 18.3. The molecule has 0 saturated heterocycles. The fraction of sp³-hybridized carbons (Fsp3) is 0.125. The van der Waals surface area contributed by atoms with Gasteiger partial charge in [0.25, 0.3) is 0 Å². The summed E-state index contributed by atoms with van der Waals surface area (Å²) in [6, 6.07) is 25.9. The monoisotopic (exact) mass is 388 g/mol. The van der Waals surface area contributed by atoms with Gasteiger partial charge in [0, 0.05) is 11.6 Å². The smallest absolute Gasteiger partial charge is 0.153 e. The van der Waals surface area contributed by atoms with Gasteiger partial charge in [-0.15, -0.1) is 0 Å². The van der Waals surface area contributed by atoms with E-state index in [-0.39, 0.29) is 6.10 Å². The van der Waals surface area contributed by atoms with Crippen LogP contribution < -0.4 is 4.74 Å². The third-order valence-electron chi connectivity index (χ3n) is 4.57. The molecule has 28 heavy (non-hydrogen) atoms. The molecule has 0 radical (unpaired) electrons. The molecule has 0 aliphatic carbocycles. The second-order valence-electron chi connectivity index (χ2n) is 6.60. The molecule has 0 saturated carbocycles. The van der Waals surface area contributed by atoms with Gasteiger partial charge in [-0.3, -0.25) is 0 Å². The van der Waals surface area contributed by atoms with Gasteiger partial charge in [0.2, 0.25) is 0 Å². The average Bonchev–Trinajstić information content (AvgIpc) is 3.09. The van der Waals surface area contributed by atoms with Gasteiger partial charge < -0.3 is 9.30 Å². The van der Waals surface area contributed by atoms with E-state index in [0.717, 1.165) is 29.2 Å². The summed E-state index contributed by atoms with van der Waals surface area (Å²) >= 11 is 5.97. The van der Waals surface area contributed by atoms with E-state index in [1.54, 1.807) is 0 Å². The zero-order valence-corrected chi connectivity index (χ0v) is 16.4. The predicted molar refractivity (Wildman–Crippen MR) is 116 cm³/mol. The van der Waals surface area contributed by atoms with Crippen LogP contribution in [0.15, 0.2) is 84.9 Å². The van der Waals surface area contributed by atoms with Crippen molar-refractivity contribution in [3.63, 3.8) is 0 Å². The topological polar surface area (TPSA) is 27.1 Å². The van der Waals surface area contributed by atoms with Crippen molar-refractivity contribution < 1.29 is 4.74 Å². The van der Waals surface area contributed by atoms with Crippen molar-refractivity contribution in [3.8, 4) is 5.75 Å². The quantitative estimate of drug-likeness (QED) is 0.374. The van der Waals surface area contributed by atoms with Gasteiger partial charge in [-0.2, -0.15) is 0 Å². The van der Waals surface area contributed by atoms with Crippen molar-refractivity contribution in [2.24, 2.45) is 0 Å². The minimum atomic E-state index is -0.196. The summed E-state index contributed by atoms with van der Waals surface area (Å²) in [5.74, 6) is 1.67. The molecule has 3 aromatic carbocycles. The molecule has 1 heterocycles. The lowest BCUT2D eigenvalue weighted by Gasteiger charge is -2.16. The maximum Gasteiger partial charge on any atom is 0.153 e. The molecule has 0 spiro atoms. The van der Waals surface area contributed by atoms with Crippen molar-refractivity contribution in [2.75, 3.05) is 0 Å². The number of fused-ring (bicyclic) bond motifs is 1. The van der Waals surface area contributed by atoms with Crippen molar-refractivity contribution in [2.45, 2.75) is 19.6 Å². The molecule has 4 heteroatoms. The summed E-state index contributed by atoms with van der Waals surface area (Å²) in [5.41, 5.74) is 3.25. The second-order valence-corrected chi connectivity index (χ2v) is 7.03. The zero-order chi connectivity index (χ0) is 19.3. The number of hydrogen-bond donors (Lipinski definition) is 0. The van der Waals surface area contributed by atoms with Crippen LogP contribution in [0.5, 0.6) is 5.75 Å².